The molecule has 0 amide bonds. The smallest absolute Gasteiger partial charge is 0.242 e. The molecule has 0 aliphatic rings. The fourth-order valence-electron chi connectivity index (χ4n) is 1.91. The molecule has 0 fully saturated rings. The average molecular weight is 314 g/mol. The van der Waals surface area contributed by atoms with Gasteiger partial charge in [-0.25, -0.2) is 13.1 Å². The maximum absolute atomic E-state index is 12.6. The standard InChI is InChI=1S/C15H26N2O3S/c1-5-16-13-9-7-8-10-15(13)21(18,19)17-14(12(3)4)11-20-6-2/h7-10,12,14,16-17H,5-6,11H2,1-4H3. The van der Waals surface area contributed by atoms with Crippen molar-refractivity contribution >= 4 is 15.7 Å². The molecule has 0 radical (unpaired) electrons. The van der Waals surface area contributed by atoms with Gasteiger partial charge in [0, 0.05) is 19.2 Å². The van der Waals surface area contributed by atoms with Gasteiger partial charge in [0.05, 0.1) is 12.3 Å². The summed E-state index contributed by atoms with van der Waals surface area (Å²) in [7, 11) is -3.58. The van der Waals surface area contributed by atoms with E-state index in [1.807, 2.05) is 33.8 Å². The van der Waals surface area contributed by atoms with E-state index >= 15 is 0 Å². The van der Waals surface area contributed by atoms with Gasteiger partial charge in [0.25, 0.3) is 0 Å². The summed E-state index contributed by atoms with van der Waals surface area (Å²) < 4.78 is 33.3. The van der Waals surface area contributed by atoms with Crippen LogP contribution in [0.25, 0.3) is 0 Å². The predicted molar refractivity (Wildman–Crippen MR) is 86.0 cm³/mol. The fraction of sp³-hybridized carbons (Fsp3) is 0.600. The number of nitrogens with one attached hydrogen (secondary N) is 2. The Morgan fingerprint density at radius 3 is 2.43 bits per heavy atom. The first-order valence-electron chi connectivity index (χ1n) is 7.35. The van der Waals surface area contributed by atoms with Gasteiger partial charge in [0.2, 0.25) is 10.0 Å². The molecule has 0 saturated heterocycles. The fourth-order valence-corrected chi connectivity index (χ4v) is 3.46. The summed E-state index contributed by atoms with van der Waals surface area (Å²) in [5.41, 5.74) is 0.617. The van der Waals surface area contributed by atoms with E-state index in [0.717, 1.165) is 0 Å². The molecule has 1 aromatic carbocycles. The van der Waals surface area contributed by atoms with Crippen LogP contribution in [-0.4, -0.2) is 34.2 Å². The lowest BCUT2D eigenvalue weighted by Gasteiger charge is -2.23. The van der Waals surface area contributed by atoms with Crippen molar-refractivity contribution in [2.75, 3.05) is 25.1 Å². The van der Waals surface area contributed by atoms with E-state index in [1.165, 1.54) is 0 Å². The van der Waals surface area contributed by atoms with Crippen LogP contribution in [0.1, 0.15) is 27.7 Å². The third kappa shape index (κ3) is 5.30. The van der Waals surface area contributed by atoms with Crippen LogP contribution in [-0.2, 0) is 14.8 Å². The number of para-hydroxylation sites is 1. The molecule has 0 heterocycles. The molecule has 21 heavy (non-hydrogen) atoms. The molecule has 5 nitrogen and oxygen atoms in total. The van der Waals surface area contributed by atoms with Gasteiger partial charge in [0.1, 0.15) is 4.90 Å². The van der Waals surface area contributed by atoms with Crippen LogP contribution in [0.15, 0.2) is 29.2 Å². The van der Waals surface area contributed by atoms with Gasteiger partial charge in [-0.1, -0.05) is 26.0 Å². The molecule has 0 saturated carbocycles. The number of rotatable bonds is 9. The molecule has 0 aliphatic heterocycles. The van der Waals surface area contributed by atoms with E-state index in [0.29, 0.717) is 25.4 Å². The van der Waals surface area contributed by atoms with Crippen molar-refractivity contribution in [3.8, 4) is 0 Å². The van der Waals surface area contributed by atoms with Gasteiger partial charge in [-0.3, -0.25) is 0 Å². The lowest BCUT2D eigenvalue weighted by atomic mass is 10.1. The average Bonchev–Trinajstić information content (AvgIpc) is 2.44. The molecule has 1 rings (SSSR count). The molecule has 0 aromatic heterocycles. The van der Waals surface area contributed by atoms with Gasteiger partial charge in [-0.05, 0) is 31.9 Å². The van der Waals surface area contributed by atoms with E-state index in [2.05, 4.69) is 10.0 Å². The highest BCUT2D eigenvalue weighted by Gasteiger charge is 2.24. The maximum Gasteiger partial charge on any atom is 0.242 e. The summed E-state index contributed by atoms with van der Waals surface area (Å²) in [5.74, 6) is 0.151. The van der Waals surface area contributed by atoms with Gasteiger partial charge in [-0.15, -0.1) is 0 Å². The minimum Gasteiger partial charge on any atom is -0.384 e. The molecular formula is C15H26N2O3S. The topological polar surface area (TPSA) is 67.4 Å². The Morgan fingerprint density at radius 1 is 1.19 bits per heavy atom. The van der Waals surface area contributed by atoms with Crippen LogP contribution in [0.5, 0.6) is 0 Å². The summed E-state index contributed by atoms with van der Waals surface area (Å²) in [6.07, 6.45) is 0. The van der Waals surface area contributed by atoms with Crippen molar-refractivity contribution in [1.29, 1.82) is 0 Å². The predicted octanol–water partition coefficient (Wildman–Crippen LogP) is 2.46. The third-order valence-electron chi connectivity index (χ3n) is 3.16. The number of ether oxygens (including phenoxy) is 1. The van der Waals surface area contributed by atoms with E-state index in [4.69, 9.17) is 4.74 Å². The zero-order valence-corrected chi connectivity index (χ0v) is 14.0. The van der Waals surface area contributed by atoms with Crippen LogP contribution < -0.4 is 10.0 Å². The minimum atomic E-state index is -3.58. The van der Waals surface area contributed by atoms with Crippen molar-refractivity contribution in [2.24, 2.45) is 5.92 Å². The molecule has 1 atom stereocenters. The van der Waals surface area contributed by atoms with Crippen LogP contribution >= 0.6 is 0 Å². The summed E-state index contributed by atoms with van der Waals surface area (Å²) in [5, 5.41) is 3.08. The lowest BCUT2D eigenvalue weighted by molar-refractivity contribution is 0.116. The highest BCUT2D eigenvalue weighted by Crippen LogP contribution is 2.21. The van der Waals surface area contributed by atoms with Gasteiger partial charge in [-0.2, -0.15) is 0 Å². The van der Waals surface area contributed by atoms with E-state index in [1.54, 1.807) is 18.2 Å². The third-order valence-corrected chi connectivity index (χ3v) is 4.70. The Labute approximate surface area is 128 Å². The van der Waals surface area contributed by atoms with Gasteiger partial charge < -0.3 is 10.1 Å². The molecule has 0 spiro atoms. The number of benzene rings is 1. The first-order valence-corrected chi connectivity index (χ1v) is 8.83. The van der Waals surface area contributed by atoms with Crippen LogP contribution in [0.4, 0.5) is 5.69 Å². The Hall–Kier alpha value is -1.11. The highest BCUT2D eigenvalue weighted by molar-refractivity contribution is 7.89. The minimum absolute atomic E-state index is 0.151. The zero-order valence-electron chi connectivity index (χ0n) is 13.2. The molecule has 0 aliphatic carbocycles. The largest absolute Gasteiger partial charge is 0.384 e. The Balaban J connectivity index is 2.99. The molecule has 1 unspecified atom stereocenters. The normalized spacial score (nSPS) is 13.4. The molecular weight excluding hydrogens is 288 g/mol. The molecule has 0 bridgehead atoms. The highest BCUT2D eigenvalue weighted by atomic mass is 32.2. The Morgan fingerprint density at radius 2 is 1.86 bits per heavy atom. The second-order valence-corrected chi connectivity index (χ2v) is 6.84. The summed E-state index contributed by atoms with van der Waals surface area (Å²) in [4.78, 5) is 0.272. The van der Waals surface area contributed by atoms with Crippen molar-refractivity contribution in [1.82, 2.24) is 4.72 Å². The number of hydrogen-bond acceptors (Lipinski definition) is 4. The van der Waals surface area contributed by atoms with Gasteiger partial charge >= 0.3 is 0 Å². The Bertz CT molecular complexity index is 529. The van der Waals surface area contributed by atoms with Crippen LogP contribution in [0.3, 0.4) is 0 Å². The summed E-state index contributed by atoms with van der Waals surface area (Å²) >= 11 is 0. The second-order valence-electron chi connectivity index (χ2n) is 5.16. The zero-order chi connectivity index (χ0) is 15.9. The maximum atomic E-state index is 12.6. The van der Waals surface area contributed by atoms with E-state index in [9.17, 15) is 8.42 Å². The van der Waals surface area contributed by atoms with Gasteiger partial charge in [0.15, 0.2) is 0 Å². The number of anilines is 1. The van der Waals surface area contributed by atoms with Crippen LogP contribution in [0.2, 0.25) is 0 Å². The van der Waals surface area contributed by atoms with Crippen molar-refractivity contribution in [3.63, 3.8) is 0 Å². The molecule has 2 N–H and O–H groups in total. The molecule has 1 aromatic rings. The lowest BCUT2D eigenvalue weighted by Crippen LogP contribution is -2.42. The second kappa shape index (κ2) is 8.36. The van der Waals surface area contributed by atoms with E-state index < -0.39 is 10.0 Å². The van der Waals surface area contributed by atoms with E-state index in [-0.39, 0.29) is 16.9 Å². The van der Waals surface area contributed by atoms with Crippen molar-refractivity contribution < 1.29 is 13.2 Å². The summed E-state index contributed by atoms with van der Waals surface area (Å²) in [6.45, 7) is 9.38. The van der Waals surface area contributed by atoms with Crippen molar-refractivity contribution in [3.05, 3.63) is 24.3 Å². The SMILES string of the molecule is CCNc1ccccc1S(=O)(=O)NC(COCC)C(C)C. The molecule has 6 heteroatoms. The quantitative estimate of drug-likeness (QED) is 0.735. The molecule has 120 valence electrons. The first-order chi connectivity index (χ1) is 9.92. The summed E-state index contributed by atoms with van der Waals surface area (Å²) in [6, 6.07) is 6.67. The Kier molecular flexibility index (Phi) is 7.14. The number of hydrogen-bond donors (Lipinski definition) is 2. The first kappa shape index (κ1) is 17.9. The number of sulfonamides is 1. The van der Waals surface area contributed by atoms with Crippen molar-refractivity contribution in [2.45, 2.75) is 38.6 Å². The van der Waals surface area contributed by atoms with Crippen LogP contribution in [0, 0.1) is 5.92 Å². The monoisotopic (exact) mass is 314 g/mol.